The van der Waals surface area contributed by atoms with Crippen molar-refractivity contribution in [1.82, 2.24) is 5.32 Å². The van der Waals surface area contributed by atoms with Crippen molar-refractivity contribution in [2.24, 2.45) is 0 Å². The molecule has 0 bridgehead atoms. The molecule has 0 aliphatic carbocycles. The van der Waals surface area contributed by atoms with Crippen molar-refractivity contribution in [3.05, 3.63) is 35.4 Å². The first kappa shape index (κ1) is 12.1. The molecule has 0 saturated carbocycles. The lowest BCUT2D eigenvalue weighted by molar-refractivity contribution is 0.466. The van der Waals surface area contributed by atoms with Crippen molar-refractivity contribution >= 4 is 0 Å². The zero-order valence-corrected chi connectivity index (χ0v) is 9.35. The Labute approximate surface area is 89.5 Å². The predicted octanol–water partition coefficient (Wildman–Crippen LogP) is 3.07. The second-order valence-electron chi connectivity index (χ2n) is 3.97. The maximum Gasteiger partial charge on any atom is 0.162 e. The van der Waals surface area contributed by atoms with Gasteiger partial charge in [0.25, 0.3) is 0 Å². The van der Waals surface area contributed by atoms with Crippen LogP contribution in [0.1, 0.15) is 31.7 Å². The highest BCUT2D eigenvalue weighted by Gasteiger charge is 2.15. The average Bonchev–Trinajstić information content (AvgIpc) is 2.21. The highest BCUT2D eigenvalue weighted by atomic mass is 19.2. The molecule has 1 nitrogen and oxygen atoms in total. The Hall–Kier alpha value is -0.960. The van der Waals surface area contributed by atoms with E-state index < -0.39 is 11.6 Å². The van der Waals surface area contributed by atoms with Gasteiger partial charge in [0.2, 0.25) is 0 Å². The van der Waals surface area contributed by atoms with Crippen molar-refractivity contribution in [2.45, 2.75) is 32.2 Å². The molecule has 0 saturated heterocycles. The van der Waals surface area contributed by atoms with E-state index in [1.807, 2.05) is 20.9 Å². The van der Waals surface area contributed by atoms with Crippen LogP contribution in [0, 0.1) is 11.6 Å². The highest BCUT2D eigenvalue weighted by molar-refractivity contribution is 5.22. The molecule has 2 atom stereocenters. The predicted molar refractivity (Wildman–Crippen MR) is 57.9 cm³/mol. The number of benzene rings is 1. The molecule has 1 aromatic carbocycles. The first-order valence-electron chi connectivity index (χ1n) is 5.17. The van der Waals surface area contributed by atoms with Gasteiger partial charge in [-0.3, -0.25) is 0 Å². The molecule has 1 aromatic rings. The van der Waals surface area contributed by atoms with E-state index in [9.17, 15) is 8.78 Å². The van der Waals surface area contributed by atoms with Crippen LogP contribution in [-0.2, 0) is 0 Å². The summed E-state index contributed by atoms with van der Waals surface area (Å²) in [6, 6.07) is 4.63. The van der Waals surface area contributed by atoms with Gasteiger partial charge >= 0.3 is 0 Å². The van der Waals surface area contributed by atoms with Crippen LogP contribution >= 0.6 is 0 Å². The zero-order valence-electron chi connectivity index (χ0n) is 9.35. The van der Waals surface area contributed by atoms with Crippen LogP contribution in [0.2, 0.25) is 0 Å². The lowest BCUT2D eigenvalue weighted by Gasteiger charge is -2.17. The Morgan fingerprint density at radius 2 is 1.93 bits per heavy atom. The summed E-state index contributed by atoms with van der Waals surface area (Å²) in [4.78, 5) is 0. The van der Waals surface area contributed by atoms with Crippen molar-refractivity contribution in [3.8, 4) is 0 Å². The van der Waals surface area contributed by atoms with Gasteiger partial charge in [-0.1, -0.05) is 19.1 Å². The number of hydrogen-bond acceptors (Lipinski definition) is 1. The van der Waals surface area contributed by atoms with Crippen LogP contribution in [0.25, 0.3) is 0 Å². The number of halogens is 2. The SMILES string of the molecule is CNC(C)CC(C)c1cccc(F)c1F. The maximum atomic E-state index is 13.4. The first-order chi connectivity index (χ1) is 7.06. The molecule has 3 heteroatoms. The fraction of sp³-hybridized carbons (Fsp3) is 0.500. The van der Waals surface area contributed by atoms with Crippen LogP contribution in [-0.4, -0.2) is 13.1 Å². The summed E-state index contributed by atoms with van der Waals surface area (Å²) >= 11 is 0. The third-order valence-electron chi connectivity index (χ3n) is 2.71. The van der Waals surface area contributed by atoms with Crippen LogP contribution < -0.4 is 5.32 Å². The Bertz CT molecular complexity index is 325. The van der Waals surface area contributed by atoms with E-state index in [2.05, 4.69) is 5.32 Å². The van der Waals surface area contributed by atoms with E-state index in [0.717, 1.165) is 12.5 Å². The molecule has 15 heavy (non-hydrogen) atoms. The number of nitrogens with one attached hydrogen (secondary N) is 1. The molecule has 0 radical (unpaired) electrons. The van der Waals surface area contributed by atoms with Gasteiger partial charge in [-0.05, 0) is 37.9 Å². The summed E-state index contributed by atoms with van der Waals surface area (Å²) in [7, 11) is 1.86. The van der Waals surface area contributed by atoms with E-state index in [1.54, 1.807) is 12.1 Å². The van der Waals surface area contributed by atoms with Gasteiger partial charge in [-0.15, -0.1) is 0 Å². The lowest BCUT2D eigenvalue weighted by Crippen LogP contribution is -2.23. The molecule has 0 spiro atoms. The summed E-state index contributed by atoms with van der Waals surface area (Å²) in [5.74, 6) is -1.46. The van der Waals surface area contributed by atoms with Crippen LogP contribution in [0.4, 0.5) is 8.78 Å². The van der Waals surface area contributed by atoms with Gasteiger partial charge in [0.05, 0.1) is 0 Å². The molecule has 2 unspecified atom stereocenters. The Morgan fingerprint density at radius 3 is 2.53 bits per heavy atom. The van der Waals surface area contributed by atoms with Gasteiger partial charge in [-0.2, -0.15) is 0 Å². The number of hydrogen-bond donors (Lipinski definition) is 1. The lowest BCUT2D eigenvalue weighted by atomic mass is 9.94. The maximum absolute atomic E-state index is 13.4. The van der Waals surface area contributed by atoms with Crippen molar-refractivity contribution in [1.29, 1.82) is 0 Å². The molecule has 0 aliphatic heterocycles. The van der Waals surface area contributed by atoms with Gasteiger partial charge in [0.1, 0.15) is 0 Å². The molecular weight excluding hydrogens is 196 g/mol. The van der Waals surface area contributed by atoms with Gasteiger partial charge in [0, 0.05) is 6.04 Å². The van der Waals surface area contributed by atoms with E-state index in [4.69, 9.17) is 0 Å². The largest absolute Gasteiger partial charge is 0.317 e. The summed E-state index contributed by atoms with van der Waals surface area (Å²) in [5, 5.41) is 3.08. The van der Waals surface area contributed by atoms with Crippen LogP contribution in [0.5, 0.6) is 0 Å². The summed E-state index contributed by atoms with van der Waals surface area (Å²) in [6.45, 7) is 3.93. The third kappa shape index (κ3) is 2.99. The minimum absolute atomic E-state index is 0.0168. The van der Waals surface area contributed by atoms with E-state index in [-0.39, 0.29) is 5.92 Å². The zero-order chi connectivity index (χ0) is 11.4. The van der Waals surface area contributed by atoms with Crippen LogP contribution in [0.3, 0.4) is 0 Å². The highest BCUT2D eigenvalue weighted by Crippen LogP contribution is 2.24. The second-order valence-corrected chi connectivity index (χ2v) is 3.97. The molecule has 0 aliphatic rings. The monoisotopic (exact) mass is 213 g/mol. The molecule has 0 aromatic heterocycles. The summed E-state index contributed by atoms with van der Waals surface area (Å²) < 4.78 is 26.4. The summed E-state index contributed by atoms with van der Waals surface area (Å²) in [5.41, 5.74) is 0.456. The first-order valence-corrected chi connectivity index (χ1v) is 5.17. The van der Waals surface area contributed by atoms with Gasteiger partial charge in [0.15, 0.2) is 11.6 Å². The molecule has 1 rings (SSSR count). The third-order valence-corrected chi connectivity index (χ3v) is 2.71. The standard InChI is InChI=1S/C12H17F2N/c1-8(7-9(2)15-3)10-5-4-6-11(13)12(10)14/h4-6,8-9,15H,7H2,1-3H3. The topological polar surface area (TPSA) is 12.0 Å². The van der Waals surface area contributed by atoms with E-state index in [1.165, 1.54) is 0 Å². The molecule has 0 heterocycles. The molecule has 0 fully saturated rings. The Morgan fingerprint density at radius 1 is 1.27 bits per heavy atom. The van der Waals surface area contributed by atoms with E-state index in [0.29, 0.717) is 11.6 Å². The fourth-order valence-corrected chi connectivity index (χ4v) is 1.68. The average molecular weight is 213 g/mol. The molecule has 1 N–H and O–H groups in total. The molecular formula is C12H17F2N. The van der Waals surface area contributed by atoms with Crippen molar-refractivity contribution in [3.63, 3.8) is 0 Å². The van der Waals surface area contributed by atoms with Crippen molar-refractivity contribution < 1.29 is 8.78 Å². The summed E-state index contributed by atoms with van der Waals surface area (Å²) in [6.07, 6.45) is 0.789. The minimum Gasteiger partial charge on any atom is -0.317 e. The normalized spacial score (nSPS) is 15.0. The van der Waals surface area contributed by atoms with Gasteiger partial charge in [-0.25, -0.2) is 8.78 Å². The van der Waals surface area contributed by atoms with E-state index >= 15 is 0 Å². The smallest absolute Gasteiger partial charge is 0.162 e. The van der Waals surface area contributed by atoms with Crippen molar-refractivity contribution in [2.75, 3.05) is 7.05 Å². The van der Waals surface area contributed by atoms with Crippen LogP contribution in [0.15, 0.2) is 18.2 Å². The fourth-order valence-electron chi connectivity index (χ4n) is 1.68. The Balaban J connectivity index is 2.82. The second kappa shape index (κ2) is 5.21. The van der Waals surface area contributed by atoms with Gasteiger partial charge < -0.3 is 5.32 Å². The Kier molecular flexibility index (Phi) is 4.21. The molecule has 0 amide bonds. The molecule has 84 valence electrons. The minimum atomic E-state index is -0.767. The number of rotatable bonds is 4. The quantitative estimate of drug-likeness (QED) is 0.810.